The summed E-state index contributed by atoms with van der Waals surface area (Å²) in [6.45, 7) is 5.88. The quantitative estimate of drug-likeness (QED) is 0.829. The van der Waals surface area contributed by atoms with Gasteiger partial charge in [-0.25, -0.2) is 0 Å². The Morgan fingerprint density at radius 1 is 1.00 bits per heavy atom. The van der Waals surface area contributed by atoms with Crippen molar-refractivity contribution < 1.29 is 4.74 Å². The van der Waals surface area contributed by atoms with Crippen LogP contribution in [0.1, 0.15) is 19.4 Å². The molecule has 0 aromatic heterocycles. The third kappa shape index (κ3) is 4.66. The van der Waals surface area contributed by atoms with E-state index in [0.717, 1.165) is 24.6 Å². The Labute approximate surface area is 115 Å². The lowest BCUT2D eigenvalue weighted by Crippen LogP contribution is -2.05. The van der Waals surface area contributed by atoms with Gasteiger partial charge in [0.15, 0.2) is 0 Å². The van der Waals surface area contributed by atoms with Crippen LogP contribution in [-0.4, -0.2) is 6.61 Å². The van der Waals surface area contributed by atoms with Gasteiger partial charge < -0.3 is 10.1 Å². The van der Waals surface area contributed by atoms with Crippen LogP contribution in [0.5, 0.6) is 5.75 Å². The third-order valence-corrected chi connectivity index (χ3v) is 2.75. The minimum absolute atomic E-state index is 0.547. The first-order valence-corrected chi connectivity index (χ1v) is 6.74. The molecule has 0 saturated carbocycles. The van der Waals surface area contributed by atoms with Gasteiger partial charge in [0.2, 0.25) is 0 Å². The molecule has 100 valence electrons. The second-order valence-electron chi connectivity index (χ2n) is 5.07. The van der Waals surface area contributed by atoms with Crippen molar-refractivity contribution in [1.29, 1.82) is 0 Å². The zero-order valence-corrected chi connectivity index (χ0v) is 11.6. The molecule has 0 saturated heterocycles. The molecule has 0 atom stereocenters. The summed E-state index contributed by atoms with van der Waals surface area (Å²) >= 11 is 0. The molecule has 0 radical (unpaired) electrons. The first-order chi connectivity index (χ1) is 9.24. The smallest absolute Gasteiger partial charge is 0.119 e. The molecule has 2 rings (SSSR count). The van der Waals surface area contributed by atoms with Crippen LogP contribution in [0.15, 0.2) is 54.6 Å². The molecular weight excluding hydrogens is 234 g/mol. The van der Waals surface area contributed by atoms with Gasteiger partial charge in [-0.05, 0) is 35.7 Å². The van der Waals surface area contributed by atoms with Gasteiger partial charge in [0.25, 0.3) is 0 Å². The van der Waals surface area contributed by atoms with Gasteiger partial charge in [-0.15, -0.1) is 0 Å². The molecule has 0 fully saturated rings. The lowest BCUT2D eigenvalue weighted by Gasteiger charge is -2.11. The number of benzene rings is 2. The molecule has 0 amide bonds. The van der Waals surface area contributed by atoms with Crippen LogP contribution in [0, 0.1) is 5.92 Å². The van der Waals surface area contributed by atoms with E-state index >= 15 is 0 Å². The summed E-state index contributed by atoms with van der Waals surface area (Å²) in [5, 5.41) is 3.40. The Balaban J connectivity index is 1.91. The number of para-hydroxylation sites is 1. The van der Waals surface area contributed by atoms with E-state index in [0.29, 0.717) is 5.92 Å². The monoisotopic (exact) mass is 255 g/mol. The second kappa shape index (κ2) is 6.83. The zero-order chi connectivity index (χ0) is 13.5. The summed E-state index contributed by atoms with van der Waals surface area (Å²) in [6, 6.07) is 18.5. The standard InChI is InChI=1S/C17H21NO/c1-14(2)13-19-17-10-6-7-15(11-17)12-18-16-8-4-3-5-9-16/h3-11,14,18H,12-13H2,1-2H3. The van der Waals surface area contributed by atoms with Crippen molar-refractivity contribution in [1.82, 2.24) is 0 Å². The minimum atomic E-state index is 0.547. The van der Waals surface area contributed by atoms with E-state index in [1.54, 1.807) is 0 Å². The maximum Gasteiger partial charge on any atom is 0.119 e. The molecule has 0 heterocycles. The number of ether oxygens (including phenoxy) is 1. The van der Waals surface area contributed by atoms with Gasteiger partial charge in [-0.3, -0.25) is 0 Å². The minimum Gasteiger partial charge on any atom is -0.493 e. The Hall–Kier alpha value is -1.96. The van der Waals surface area contributed by atoms with E-state index in [9.17, 15) is 0 Å². The van der Waals surface area contributed by atoms with Crippen LogP contribution in [0.3, 0.4) is 0 Å². The van der Waals surface area contributed by atoms with E-state index in [1.165, 1.54) is 5.56 Å². The van der Waals surface area contributed by atoms with Crippen LogP contribution in [-0.2, 0) is 6.54 Å². The molecule has 2 nitrogen and oxygen atoms in total. The van der Waals surface area contributed by atoms with Crippen molar-refractivity contribution in [2.75, 3.05) is 11.9 Å². The van der Waals surface area contributed by atoms with Gasteiger partial charge in [0.1, 0.15) is 5.75 Å². The molecule has 2 heteroatoms. The fraction of sp³-hybridized carbons (Fsp3) is 0.294. The average Bonchev–Trinajstić information content (AvgIpc) is 2.44. The number of anilines is 1. The predicted octanol–water partition coefficient (Wildman–Crippen LogP) is 4.33. The van der Waals surface area contributed by atoms with Crippen LogP contribution in [0.4, 0.5) is 5.69 Å². The number of hydrogen-bond donors (Lipinski definition) is 1. The molecule has 2 aromatic carbocycles. The van der Waals surface area contributed by atoms with Gasteiger partial charge >= 0.3 is 0 Å². The molecule has 0 unspecified atom stereocenters. The Bertz CT molecular complexity index is 494. The third-order valence-electron chi connectivity index (χ3n) is 2.75. The highest BCUT2D eigenvalue weighted by Crippen LogP contribution is 2.16. The fourth-order valence-electron chi connectivity index (χ4n) is 1.77. The highest BCUT2D eigenvalue weighted by Gasteiger charge is 1.99. The maximum atomic E-state index is 5.73. The van der Waals surface area contributed by atoms with E-state index in [4.69, 9.17) is 4.74 Å². The molecular formula is C17H21NO. The Morgan fingerprint density at radius 3 is 2.53 bits per heavy atom. The highest BCUT2D eigenvalue weighted by atomic mass is 16.5. The molecule has 0 aliphatic carbocycles. The normalized spacial score (nSPS) is 10.5. The van der Waals surface area contributed by atoms with Crippen molar-refractivity contribution in [3.05, 3.63) is 60.2 Å². The van der Waals surface area contributed by atoms with Gasteiger partial charge in [-0.2, -0.15) is 0 Å². The van der Waals surface area contributed by atoms with Gasteiger partial charge in [-0.1, -0.05) is 44.2 Å². The largest absolute Gasteiger partial charge is 0.493 e. The van der Waals surface area contributed by atoms with Gasteiger partial charge in [0, 0.05) is 12.2 Å². The maximum absolute atomic E-state index is 5.73. The summed E-state index contributed by atoms with van der Waals surface area (Å²) in [7, 11) is 0. The lowest BCUT2D eigenvalue weighted by molar-refractivity contribution is 0.271. The predicted molar refractivity (Wildman–Crippen MR) is 80.5 cm³/mol. The van der Waals surface area contributed by atoms with Crippen molar-refractivity contribution >= 4 is 5.69 Å². The molecule has 0 aliphatic rings. The summed E-state index contributed by atoms with van der Waals surface area (Å²) < 4.78 is 5.73. The second-order valence-corrected chi connectivity index (χ2v) is 5.07. The van der Waals surface area contributed by atoms with Crippen molar-refractivity contribution in [2.24, 2.45) is 5.92 Å². The average molecular weight is 255 g/mol. The molecule has 19 heavy (non-hydrogen) atoms. The number of rotatable bonds is 6. The van der Waals surface area contributed by atoms with Crippen LogP contribution >= 0.6 is 0 Å². The van der Waals surface area contributed by atoms with Crippen molar-refractivity contribution in [2.45, 2.75) is 20.4 Å². The van der Waals surface area contributed by atoms with Crippen molar-refractivity contribution in [3.8, 4) is 5.75 Å². The van der Waals surface area contributed by atoms with Crippen LogP contribution < -0.4 is 10.1 Å². The summed E-state index contributed by atoms with van der Waals surface area (Å²) in [4.78, 5) is 0. The lowest BCUT2D eigenvalue weighted by atomic mass is 10.2. The van der Waals surface area contributed by atoms with Crippen LogP contribution in [0.25, 0.3) is 0 Å². The van der Waals surface area contributed by atoms with Crippen molar-refractivity contribution in [3.63, 3.8) is 0 Å². The summed E-state index contributed by atoms with van der Waals surface area (Å²) in [6.07, 6.45) is 0. The SMILES string of the molecule is CC(C)COc1cccc(CNc2ccccc2)c1. The molecule has 0 bridgehead atoms. The van der Waals surface area contributed by atoms with Crippen LogP contribution in [0.2, 0.25) is 0 Å². The highest BCUT2D eigenvalue weighted by molar-refractivity contribution is 5.43. The van der Waals surface area contributed by atoms with E-state index in [2.05, 4.69) is 43.4 Å². The van der Waals surface area contributed by atoms with E-state index in [-0.39, 0.29) is 0 Å². The Kier molecular flexibility index (Phi) is 4.85. The number of nitrogens with one attached hydrogen (secondary N) is 1. The molecule has 0 spiro atoms. The Morgan fingerprint density at radius 2 is 1.79 bits per heavy atom. The topological polar surface area (TPSA) is 21.3 Å². The first kappa shape index (κ1) is 13.5. The zero-order valence-electron chi connectivity index (χ0n) is 11.6. The van der Waals surface area contributed by atoms with E-state index in [1.807, 2.05) is 30.3 Å². The summed E-state index contributed by atoms with van der Waals surface area (Å²) in [5.74, 6) is 1.49. The summed E-state index contributed by atoms with van der Waals surface area (Å²) in [5.41, 5.74) is 2.36. The first-order valence-electron chi connectivity index (χ1n) is 6.74. The van der Waals surface area contributed by atoms with Gasteiger partial charge in [0.05, 0.1) is 6.61 Å². The number of hydrogen-bond acceptors (Lipinski definition) is 2. The molecule has 1 N–H and O–H groups in total. The fourth-order valence-corrected chi connectivity index (χ4v) is 1.77. The molecule has 0 aliphatic heterocycles. The molecule has 2 aromatic rings. The van der Waals surface area contributed by atoms with E-state index < -0.39 is 0 Å².